The summed E-state index contributed by atoms with van der Waals surface area (Å²) in [4.78, 5) is 16.2. The molecule has 0 spiro atoms. The topological polar surface area (TPSA) is 89.1 Å². The van der Waals surface area contributed by atoms with Gasteiger partial charge in [-0.2, -0.15) is 0 Å². The van der Waals surface area contributed by atoms with Gasteiger partial charge in [0.25, 0.3) is 5.89 Å². The van der Waals surface area contributed by atoms with Crippen LogP contribution in [0.5, 0.6) is 0 Å². The summed E-state index contributed by atoms with van der Waals surface area (Å²) in [6.45, 7) is 3.56. The number of nitrogens with zero attached hydrogens (tertiary/aromatic N) is 3. The van der Waals surface area contributed by atoms with Crippen molar-refractivity contribution in [2.75, 3.05) is 0 Å². The van der Waals surface area contributed by atoms with E-state index in [4.69, 9.17) is 4.42 Å². The summed E-state index contributed by atoms with van der Waals surface area (Å²) in [5, 5.41) is 17.4. The van der Waals surface area contributed by atoms with Crippen LogP contribution >= 0.6 is 11.3 Å². The van der Waals surface area contributed by atoms with Crippen molar-refractivity contribution in [3.05, 3.63) is 40.5 Å². The lowest BCUT2D eigenvalue weighted by atomic mass is 9.97. The highest BCUT2D eigenvalue weighted by Crippen LogP contribution is 2.31. The number of aromatic nitrogens is 3. The van der Waals surface area contributed by atoms with E-state index in [1.54, 1.807) is 24.7 Å². The summed E-state index contributed by atoms with van der Waals surface area (Å²) in [6, 6.07) is 3.61. The van der Waals surface area contributed by atoms with Crippen molar-refractivity contribution < 1.29 is 14.3 Å². The number of aromatic carboxylic acids is 1. The molecule has 3 rings (SSSR count). The molecular weight excluding hydrogens is 290 g/mol. The molecule has 2 aromatic heterocycles. The number of hydrogen-bond acceptors (Lipinski definition) is 6. The van der Waals surface area contributed by atoms with E-state index < -0.39 is 5.97 Å². The summed E-state index contributed by atoms with van der Waals surface area (Å²) >= 11 is 1.38. The Labute approximate surface area is 124 Å². The highest BCUT2D eigenvalue weighted by molar-refractivity contribution is 7.13. The molecule has 0 aliphatic rings. The van der Waals surface area contributed by atoms with Gasteiger partial charge in [-0.05, 0) is 25.0 Å². The molecule has 0 bridgehead atoms. The normalized spacial score (nSPS) is 10.8. The third kappa shape index (κ3) is 2.31. The minimum Gasteiger partial charge on any atom is -0.478 e. The zero-order chi connectivity index (χ0) is 15.0. The summed E-state index contributed by atoms with van der Waals surface area (Å²) < 4.78 is 5.63. The van der Waals surface area contributed by atoms with Crippen molar-refractivity contribution in [2.45, 2.75) is 13.8 Å². The Bertz CT molecular complexity index is 809. The first-order chi connectivity index (χ1) is 10.1. The second-order valence-electron chi connectivity index (χ2n) is 4.53. The molecular formula is C14H11N3O3S. The van der Waals surface area contributed by atoms with Crippen LogP contribution in [0.2, 0.25) is 0 Å². The van der Waals surface area contributed by atoms with Crippen LogP contribution in [0.25, 0.3) is 22.2 Å². The van der Waals surface area contributed by atoms with Crippen molar-refractivity contribution in [1.29, 1.82) is 0 Å². The Morgan fingerprint density at radius 1 is 1.19 bits per heavy atom. The number of carboxylic acid groups (broad SMARTS) is 1. The second kappa shape index (κ2) is 5.10. The Morgan fingerprint density at radius 3 is 2.57 bits per heavy atom. The highest BCUT2D eigenvalue weighted by atomic mass is 32.1. The van der Waals surface area contributed by atoms with Gasteiger partial charge in [-0.3, -0.25) is 4.98 Å². The molecule has 6 nitrogen and oxygen atoms in total. The molecule has 0 atom stereocenters. The van der Waals surface area contributed by atoms with E-state index in [0.717, 1.165) is 10.4 Å². The van der Waals surface area contributed by atoms with Crippen molar-refractivity contribution in [2.24, 2.45) is 0 Å². The van der Waals surface area contributed by atoms with E-state index in [-0.39, 0.29) is 11.5 Å². The quantitative estimate of drug-likeness (QED) is 0.799. The van der Waals surface area contributed by atoms with Crippen LogP contribution in [-0.4, -0.2) is 26.3 Å². The van der Waals surface area contributed by atoms with Gasteiger partial charge in [0.05, 0.1) is 22.8 Å². The molecule has 3 aromatic rings. The Morgan fingerprint density at radius 2 is 1.90 bits per heavy atom. The number of thiazole rings is 1. The molecule has 0 saturated carbocycles. The molecule has 0 fully saturated rings. The number of carboxylic acids is 1. The van der Waals surface area contributed by atoms with Crippen LogP contribution in [0.1, 0.15) is 21.5 Å². The number of rotatable bonds is 3. The van der Waals surface area contributed by atoms with Gasteiger partial charge in [0.1, 0.15) is 4.88 Å². The number of benzene rings is 1. The van der Waals surface area contributed by atoms with E-state index in [2.05, 4.69) is 15.2 Å². The molecule has 1 N–H and O–H groups in total. The van der Waals surface area contributed by atoms with Crippen LogP contribution < -0.4 is 0 Å². The standard InChI is InChI=1S/C14H11N3O3S/c1-7-3-4-8(2)11(14(18)19)10(7)13-17-16-12(20-13)9-5-15-6-21-9/h3-6H,1-2H3,(H,18,19). The predicted molar refractivity (Wildman–Crippen MR) is 77.3 cm³/mol. The van der Waals surface area contributed by atoms with Crippen LogP contribution in [-0.2, 0) is 0 Å². The molecule has 0 amide bonds. The maximum absolute atomic E-state index is 11.5. The lowest BCUT2D eigenvalue weighted by Crippen LogP contribution is -2.04. The molecule has 1 aromatic carbocycles. The summed E-state index contributed by atoms with van der Waals surface area (Å²) in [7, 11) is 0. The fourth-order valence-corrected chi connectivity index (χ4v) is 2.65. The first-order valence-corrected chi connectivity index (χ1v) is 7.02. The maximum Gasteiger partial charge on any atom is 0.336 e. The molecule has 106 valence electrons. The van der Waals surface area contributed by atoms with Crippen molar-refractivity contribution in [3.8, 4) is 22.2 Å². The van der Waals surface area contributed by atoms with Gasteiger partial charge < -0.3 is 9.52 Å². The fourth-order valence-electron chi connectivity index (χ4n) is 2.11. The van der Waals surface area contributed by atoms with Gasteiger partial charge in [-0.25, -0.2) is 4.79 Å². The van der Waals surface area contributed by atoms with Gasteiger partial charge in [0, 0.05) is 0 Å². The lowest BCUT2D eigenvalue weighted by Gasteiger charge is -2.08. The van der Waals surface area contributed by atoms with E-state index in [0.29, 0.717) is 17.0 Å². The average molecular weight is 301 g/mol. The minimum absolute atomic E-state index is 0.189. The maximum atomic E-state index is 11.5. The molecule has 7 heteroatoms. The van der Waals surface area contributed by atoms with Crippen molar-refractivity contribution >= 4 is 17.3 Å². The van der Waals surface area contributed by atoms with Crippen LogP contribution in [0.4, 0.5) is 0 Å². The van der Waals surface area contributed by atoms with E-state index >= 15 is 0 Å². The Kier molecular flexibility index (Phi) is 3.26. The molecule has 0 aliphatic heterocycles. The monoisotopic (exact) mass is 301 g/mol. The molecule has 0 aliphatic carbocycles. The van der Waals surface area contributed by atoms with Crippen LogP contribution in [0.15, 0.2) is 28.3 Å². The molecule has 0 radical (unpaired) electrons. The molecule has 0 unspecified atom stereocenters. The predicted octanol–water partition coefficient (Wildman–Crippen LogP) is 3.18. The van der Waals surface area contributed by atoms with Gasteiger partial charge in [0.2, 0.25) is 5.89 Å². The zero-order valence-electron chi connectivity index (χ0n) is 11.3. The fraction of sp³-hybridized carbons (Fsp3) is 0.143. The Hall–Kier alpha value is -2.54. The van der Waals surface area contributed by atoms with E-state index in [9.17, 15) is 9.90 Å². The molecule has 2 heterocycles. The molecule has 0 saturated heterocycles. The molecule has 21 heavy (non-hydrogen) atoms. The highest BCUT2D eigenvalue weighted by Gasteiger charge is 2.22. The smallest absolute Gasteiger partial charge is 0.336 e. The summed E-state index contributed by atoms with van der Waals surface area (Å²) in [5.41, 5.74) is 3.75. The summed E-state index contributed by atoms with van der Waals surface area (Å²) in [6.07, 6.45) is 1.63. The van der Waals surface area contributed by atoms with Crippen molar-refractivity contribution in [3.63, 3.8) is 0 Å². The first-order valence-electron chi connectivity index (χ1n) is 6.14. The van der Waals surface area contributed by atoms with Gasteiger partial charge in [-0.1, -0.05) is 12.1 Å². The Balaban J connectivity index is 2.17. The third-order valence-corrected chi connectivity index (χ3v) is 3.88. The van der Waals surface area contributed by atoms with Crippen LogP contribution in [0.3, 0.4) is 0 Å². The third-order valence-electron chi connectivity index (χ3n) is 3.12. The van der Waals surface area contributed by atoms with Crippen molar-refractivity contribution in [1.82, 2.24) is 15.2 Å². The number of carbonyl (C=O) groups is 1. The van der Waals surface area contributed by atoms with Gasteiger partial charge in [0.15, 0.2) is 0 Å². The summed E-state index contributed by atoms with van der Waals surface area (Å²) in [5.74, 6) is -0.467. The minimum atomic E-state index is -1.01. The second-order valence-corrected chi connectivity index (χ2v) is 5.42. The zero-order valence-corrected chi connectivity index (χ0v) is 12.1. The van der Waals surface area contributed by atoms with E-state index in [1.165, 1.54) is 11.3 Å². The number of aryl methyl sites for hydroxylation is 2. The van der Waals surface area contributed by atoms with Crippen LogP contribution in [0, 0.1) is 13.8 Å². The SMILES string of the molecule is Cc1ccc(C)c(-c2nnc(-c3cncs3)o2)c1C(=O)O. The largest absolute Gasteiger partial charge is 0.478 e. The van der Waals surface area contributed by atoms with Gasteiger partial charge >= 0.3 is 5.97 Å². The lowest BCUT2D eigenvalue weighted by molar-refractivity contribution is 0.0696. The average Bonchev–Trinajstić information content (AvgIpc) is 3.10. The first kappa shape index (κ1) is 13.4. The number of hydrogen-bond donors (Lipinski definition) is 1. The van der Waals surface area contributed by atoms with E-state index in [1.807, 2.05) is 13.0 Å². The van der Waals surface area contributed by atoms with Gasteiger partial charge in [-0.15, -0.1) is 21.5 Å².